The topological polar surface area (TPSA) is 79.4 Å². The summed E-state index contributed by atoms with van der Waals surface area (Å²) >= 11 is 8.54. The Morgan fingerprint density at radius 1 is 1.09 bits per heavy atom. The number of anilines is 1. The van der Waals surface area contributed by atoms with Crippen LogP contribution < -0.4 is 5.32 Å². The van der Waals surface area contributed by atoms with E-state index in [1.165, 1.54) is 5.56 Å². The fraction of sp³-hybridized carbons (Fsp3) is 0.0769. The van der Waals surface area contributed by atoms with Crippen LogP contribution in [0.5, 0.6) is 0 Å². The summed E-state index contributed by atoms with van der Waals surface area (Å²) in [5.41, 5.74) is 4.28. The van der Waals surface area contributed by atoms with Gasteiger partial charge in [-0.3, -0.25) is 19.3 Å². The van der Waals surface area contributed by atoms with Crippen LogP contribution in [0.15, 0.2) is 71.6 Å². The number of carbonyl (C=O) groups is 3. The maximum Gasteiger partial charge on any atom is 0.294 e. The van der Waals surface area contributed by atoms with Crippen LogP contribution in [0.4, 0.5) is 10.5 Å². The SMILES string of the molecule is Cc1ccc2nc(-c3ccc(NC(=O)CN4C(=O)S/C(=C\c5ccccc5Cl)C4=O)cc3)sc2c1. The summed E-state index contributed by atoms with van der Waals surface area (Å²) in [7, 11) is 0. The van der Waals surface area contributed by atoms with E-state index >= 15 is 0 Å². The third-order valence-corrected chi connectivity index (χ3v) is 7.65. The summed E-state index contributed by atoms with van der Waals surface area (Å²) in [6.07, 6.45) is 1.56. The third-order valence-electron chi connectivity index (χ3n) is 5.33. The van der Waals surface area contributed by atoms with Crippen LogP contribution in [0.3, 0.4) is 0 Å². The van der Waals surface area contributed by atoms with E-state index in [-0.39, 0.29) is 11.4 Å². The largest absolute Gasteiger partial charge is 0.325 e. The average Bonchev–Trinajstić information content (AvgIpc) is 3.37. The Morgan fingerprint density at radius 2 is 1.86 bits per heavy atom. The van der Waals surface area contributed by atoms with E-state index in [9.17, 15) is 14.4 Å². The second-order valence-electron chi connectivity index (χ2n) is 7.91. The van der Waals surface area contributed by atoms with Crippen LogP contribution in [0, 0.1) is 6.92 Å². The molecule has 3 amide bonds. The minimum Gasteiger partial charge on any atom is -0.325 e. The van der Waals surface area contributed by atoms with Gasteiger partial charge in [0, 0.05) is 16.3 Å². The highest BCUT2D eigenvalue weighted by atomic mass is 35.5. The maximum atomic E-state index is 12.7. The molecule has 0 saturated carbocycles. The van der Waals surface area contributed by atoms with Crippen molar-refractivity contribution in [2.75, 3.05) is 11.9 Å². The first kappa shape index (κ1) is 23.3. The Morgan fingerprint density at radius 3 is 2.63 bits per heavy atom. The summed E-state index contributed by atoms with van der Waals surface area (Å²) in [5, 5.41) is 3.62. The molecule has 2 heterocycles. The first-order valence-electron chi connectivity index (χ1n) is 10.6. The van der Waals surface area contributed by atoms with Gasteiger partial charge < -0.3 is 5.32 Å². The van der Waals surface area contributed by atoms with Crippen LogP contribution in [-0.4, -0.2) is 33.5 Å². The second-order valence-corrected chi connectivity index (χ2v) is 10.3. The molecule has 1 aliphatic heterocycles. The fourth-order valence-corrected chi connectivity index (χ4v) is 5.65. The number of aryl methyl sites for hydroxylation is 1. The highest BCUT2D eigenvalue weighted by Crippen LogP contribution is 2.34. The van der Waals surface area contributed by atoms with Gasteiger partial charge in [-0.1, -0.05) is 35.9 Å². The molecule has 6 nitrogen and oxygen atoms in total. The number of rotatable bonds is 5. The number of nitrogens with one attached hydrogen (secondary N) is 1. The Hall–Kier alpha value is -3.46. The van der Waals surface area contributed by atoms with Crippen LogP contribution in [0.2, 0.25) is 5.02 Å². The van der Waals surface area contributed by atoms with E-state index < -0.39 is 17.1 Å². The molecule has 0 atom stereocenters. The number of thiazole rings is 1. The van der Waals surface area contributed by atoms with Gasteiger partial charge in [0.15, 0.2) is 0 Å². The number of aromatic nitrogens is 1. The van der Waals surface area contributed by atoms with Gasteiger partial charge in [-0.05, 0) is 78.4 Å². The van der Waals surface area contributed by atoms with Gasteiger partial charge in [-0.25, -0.2) is 4.98 Å². The number of imide groups is 1. The predicted octanol–water partition coefficient (Wildman–Crippen LogP) is 6.60. The van der Waals surface area contributed by atoms with Crippen molar-refractivity contribution in [1.82, 2.24) is 9.88 Å². The molecule has 0 radical (unpaired) electrons. The molecule has 1 aliphatic rings. The molecule has 0 bridgehead atoms. The van der Waals surface area contributed by atoms with Crippen molar-refractivity contribution in [1.29, 1.82) is 0 Å². The molecule has 9 heteroatoms. The number of thioether (sulfide) groups is 1. The molecule has 0 aliphatic carbocycles. The standard InChI is InChI=1S/C26H18ClN3O3S2/c1-15-6-11-20-21(12-15)34-24(29-20)16-7-9-18(10-8-16)28-23(31)14-30-25(32)22(35-26(30)33)13-17-4-2-3-5-19(17)27/h2-13H,14H2,1H3,(H,28,31)/b22-13-. The highest BCUT2D eigenvalue weighted by molar-refractivity contribution is 8.18. The number of carbonyl (C=O) groups excluding carboxylic acids is 3. The normalized spacial score (nSPS) is 14.8. The van der Waals surface area contributed by atoms with E-state index in [1.54, 1.807) is 53.8 Å². The number of nitrogens with zero attached hydrogens (tertiary/aromatic N) is 2. The second kappa shape index (κ2) is 9.65. The number of fused-ring (bicyclic) bond motifs is 1. The Labute approximate surface area is 214 Å². The molecule has 1 N–H and O–H groups in total. The smallest absolute Gasteiger partial charge is 0.294 e. The average molecular weight is 520 g/mol. The van der Waals surface area contributed by atoms with E-state index in [2.05, 4.69) is 16.4 Å². The molecule has 0 unspecified atom stereocenters. The summed E-state index contributed by atoms with van der Waals surface area (Å²) in [4.78, 5) is 43.5. The molecule has 1 fully saturated rings. The first-order chi connectivity index (χ1) is 16.9. The van der Waals surface area contributed by atoms with E-state index in [1.807, 2.05) is 31.2 Å². The monoisotopic (exact) mass is 519 g/mol. The van der Waals surface area contributed by atoms with Crippen molar-refractivity contribution in [3.63, 3.8) is 0 Å². The zero-order valence-electron chi connectivity index (χ0n) is 18.4. The Bertz CT molecular complexity index is 1510. The number of benzene rings is 3. The van der Waals surface area contributed by atoms with Crippen molar-refractivity contribution in [2.45, 2.75) is 6.92 Å². The molecule has 1 aromatic heterocycles. The van der Waals surface area contributed by atoms with Gasteiger partial charge in [0.2, 0.25) is 5.91 Å². The number of hydrogen-bond donors (Lipinski definition) is 1. The van der Waals surface area contributed by atoms with E-state index in [4.69, 9.17) is 11.6 Å². The van der Waals surface area contributed by atoms with Crippen LogP contribution in [0.1, 0.15) is 11.1 Å². The van der Waals surface area contributed by atoms with Crippen molar-refractivity contribution in [3.8, 4) is 10.6 Å². The van der Waals surface area contributed by atoms with E-state index in [0.29, 0.717) is 16.3 Å². The van der Waals surface area contributed by atoms with Crippen LogP contribution in [0.25, 0.3) is 26.9 Å². The van der Waals surface area contributed by atoms with Gasteiger partial charge in [-0.15, -0.1) is 11.3 Å². The summed E-state index contributed by atoms with van der Waals surface area (Å²) in [6.45, 7) is 1.68. The van der Waals surface area contributed by atoms with Crippen LogP contribution in [-0.2, 0) is 9.59 Å². The van der Waals surface area contributed by atoms with Gasteiger partial charge in [0.05, 0.1) is 15.1 Å². The molecule has 5 rings (SSSR count). The van der Waals surface area contributed by atoms with Crippen molar-refractivity contribution in [3.05, 3.63) is 87.8 Å². The van der Waals surface area contributed by atoms with Crippen molar-refractivity contribution >= 4 is 73.7 Å². The fourth-order valence-electron chi connectivity index (χ4n) is 3.57. The predicted molar refractivity (Wildman–Crippen MR) is 143 cm³/mol. The molecule has 3 aromatic carbocycles. The zero-order chi connectivity index (χ0) is 24.5. The van der Waals surface area contributed by atoms with Crippen molar-refractivity contribution < 1.29 is 14.4 Å². The minimum absolute atomic E-state index is 0.228. The lowest BCUT2D eigenvalue weighted by Gasteiger charge is -2.12. The number of hydrogen-bond acceptors (Lipinski definition) is 6. The Kier molecular flexibility index (Phi) is 6.42. The summed E-state index contributed by atoms with van der Waals surface area (Å²) in [5.74, 6) is -0.981. The molecule has 174 valence electrons. The molecule has 1 saturated heterocycles. The quantitative estimate of drug-likeness (QED) is 0.300. The Balaban J connectivity index is 1.25. The molecular weight excluding hydrogens is 502 g/mol. The lowest BCUT2D eigenvalue weighted by Crippen LogP contribution is -2.36. The zero-order valence-corrected chi connectivity index (χ0v) is 20.8. The highest BCUT2D eigenvalue weighted by Gasteiger charge is 2.36. The van der Waals surface area contributed by atoms with Crippen LogP contribution >= 0.6 is 34.7 Å². The summed E-state index contributed by atoms with van der Waals surface area (Å²) in [6, 6.07) is 20.5. The molecule has 0 spiro atoms. The van der Waals surface area contributed by atoms with Crippen molar-refractivity contribution in [2.24, 2.45) is 0 Å². The number of amides is 3. The number of halogens is 1. The lowest BCUT2D eigenvalue weighted by molar-refractivity contribution is -0.127. The minimum atomic E-state index is -0.517. The van der Waals surface area contributed by atoms with Gasteiger partial charge >= 0.3 is 0 Å². The summed E-state index contributed by atoms with van der Waals surface area (Å²) < 4.78 is 1.12. The van der Waals surface area contributed by atoms with Gasteiger partial charge in [-0.2, -0.15) is 0 Å². The van der Waals surface area contributed by atoms with Gasteiger partial charge in [0.25, 0.3) is 11.1 Å². The van der Waals surface area contributed by atoms with E-state index in [0.717, 1.165) is 37.4 Å². The molecular formula is C26H18ClN3O3S2. The third kappa shape index (κ3) is 5.00. The molecule has 4 aromatic rings. The first-order valence-corrected chi connectivity index (χ1v) is 12.7. The maximum absolute atomic E-state index is 12.7. The molecule has 35 heavy (non-hydrogen) atoms. The van der Waals surface area contributed by atoms with Gasteiger partial charge in [0.1, 0.15) is 11.6 Å². The lowest BCUT2D eigenvalue weighted by atomic mass is 10.2.